The van der Waals surface area contributed by atoms with Crippen LogP contribution in [0.25, 0.3) is 6.08 Å². The minimum atomic E-state index is -0.433. The van der Waals surface area contributed by atoms with E-state index in [1.54, 1.807) is 6.07 Å². The molecule has 0 radical (unpaired) electrons. The van der Waals surface area contributed by atoms with Gasteiger partial charge in [-0.1, -0.05) is 0 Å². The molecule has 2 N–H and O–H groups in total. The van der Waals surface area contributed by atoms with E-state index in [0.29, 0.717) is 5.69 Å². The summed E-state index contributed by atoms with van der Waals surface area (Å²) in [7, 11) is 1.31. The fourth-order valence-electron chi connectivity index (χ4n) is 0.703. The van der Waals surface area contributed by atoms with Crippen LogP contribution in [-0.2, 0) is 9.53 Å². The Morgan fingerprint density at radius 1 is 1.69 bits per heavy atom. The summed E-state index contributed by atoms with van der Waals surface area (Å²) in [5, 5.41) is 0. The monoisotopic (exact) mass is 179 g/mol. The lowest BCUT2D eigenvalue weighted by molar-refractivity contribution is -0.134. The predicted octanol–water partition coefficient (Wildman–Crippen LogP) is 0.245. The molecule has 0 unspecified atom stereocenters. The fraction of sp³-hybridized carbons (Fsp3) is 0.125. The Balaban J connectivity index is 2.74. The number of methoxy groups -OCH3 is 1. The number of carbonyl (C=O) groups excluding carboxylic acids is 1. The van der Waals surface area contributed by atoms with Gasteiger partial charge in [0.15, 0.2) is 0 Å². The molecule has 0 aliphatic heterocycles. The Bertz CT molecular complexity index is 336. The highest BCUT2D eigenvalue weighted by molar-refractivity contribution is 5.86. The summed E-state index contributed by atoms with van der Waals surface area (Å²) in [6.45, 7) is 0. The van der Waals surface area contributed by atoms with Crippen LogP contribution in [0.4, 0.5) is 5.95 Å². The Hall–Kier alpha value is -1.91. The molecule has 0 saturated carbocycles. The molecular weight excluding hydrogens is 170 g/mol. The fourth-order valence-corrected chi connectivity index (χ4v) is 0.703. The van der Waals surface area contributed by atoms with E-state index in [9.17, 15) is 4.79 Å². The zero-order valence-electron chi connectivity index (χ0n) is 7.10. The second-order valence-corrected chi connectivity index (χ2v) is 2.20. The molecule has 0 fully saturated rings. The summed E-state index contributed by atoms with van der Waals surface area (Å²) in [4.78, 5) is 18.2. The van der Waals surface area contributed by atoms with Crippen LogP contribution in [0.1, 0.15) is 5.69 Å². The molecule has 0 aromatic carbocycles. The number of ether oxygens (including phenoxy) is 1. The van der Waals surface area contributed by atoms with Crippen molar-refractivity contribution >= 4 is 18.0 Å². The lowest BCUT2D eigenvalue weighted by Gasteiger charge is -1.93. The smallest absolute Gasteiger partial charge is 0.330 e. The number of nitrogen functional groups attached to an aromatic ring is 1. The van der Waals surface area contributed by atoms with E-state index >= 15 is 0 Å². The number of nitrogens with zero attached hydrogens (tertiary/aromatic N) is 2. The molecule has 0 aliphatic rings. The Morgan fingerprint density at radius 3 is 3.08 bits per heavy atom. The van der Waals surface area contributed by atoms with Crippen LogP contribution < -0.4 is 5.73 Å². The number of hydrogen-bond acceptors (Lipinski definition) is 5. The van der Waals surface area contributed by atoms with E-state index in [4.69, 9.17) is 5.73 Å². The van der Waals surface area contributed by atoms with E-state index in [0.717, 1.165) is 0 Å². The van der Waals surface area contributed by atoms with Crippen molar-refractivity contribution in [3.05, 3.63) is 24.0 Å². The normalized spacial score (nSPS) is 10.2. The minimum Gasteiger partial charge on any atom is -0.466 e. The van der Waals surface area contributed by atoms with E-state index in [1.165, 1.54) is 25.5 Å². The Labute approximate surface area is 75.3 Å². The third-order valence-corrected chi connectivity index (χ3v) is 1.29. The van der Waals surface area contributed by atoms with Gasteiger partial charge in [0.2, 0.25) is 5.95 Å². The molecule has 68 valence electrons. The van der Waals surface area contributed by atoms with Crippen molar-refractivity contribution in [3.63, 3.8) is 0 Å². The molecule has 1 rings (SSSR count). The summed E-state index contributed by atoms with van der Waals surface area (Å²) < 4.78 is 4.40. The predicted molar refractivity (Wildman–Crippen MR) is 47.5 cm³/mol. The quantitative estimate of drug-likeness (QED) is 0.520. The average molecular weight is 179 g/mol. The van der Waals surface area contributed by atoms with E-state index in [1.807, 2.05) is 0 Å². The second kappa shape index (κ2) is 4.20. The Kier molecular flexibility index (Phi) is 2.97. The van der Waals surface area contributed by atoms with Gasteiger partial charge in [-0.25, -0.2) is 14.8 Å². The van der Waals surface area contributed by atoms with Gasteiger partial charge in [-0.3, -0.25) is 0 Å². The standard InChI is InChI=1S/C8H9N3O2/c1-13-7(12)3-2-6-4-5-10-8(9)11-6/h2-5H,1H3,(H2,9,10,11). The second-order valence-electron chi connectivity index (χ2n) is 2.20. The maximum absolute atomic E-state index is 10.7. The molecule has 1 aromatic heterocycles. The van der Waals surface area contributed by atoms with Gasteiger partial charge in [-0.2, -0.15) is 0 Å². The van der Waals surface area contributed by atoms with Gasteiger partial charge in [0, 0.05) is 12.3 Å². The number of hydrogen-bond donors (Lipinski definition) is 1. The lowest BCUT2D eigenvalue weighted by Crippen LogP contribution is -1.96. The minimum absolute atomic E-state index is 0.173. The van der Waals surface area contributed by atoms with Crippen molar-refractivity contribution in [2.24, 2.45) is 0 Å². The van der Waals surface area contributed by atoms with Gasteiger partial charge < -0.3 is 10.5 Å². The number of rotatable bonds is 2. The van der Waals surface area contributed by atoms with Gasteiger partial charge in [0.1, 0.15) is 0 Å². The van der Waals surface area contributed by atoms with Crippen molar-refractivity contribution in [3.8, 4) is 0 Å². The number of esters is 1. The highest BCUT2D eigenvalue weighted by Gasteiger charge is 1.93. The zero-order valence-corrected chi connectivity index (χ0v) is 7.10. The van der Waals surface area contributed by atoms with Crippen LogP contribution in [0.15, 0.2) is 18.3 Å². The molecule has 0 bridgehead atoms. The largest absolute Gasteiger partial charge is 0.466 e. The maximum Gasteiger partial charge on any atom is 0.330 e. The topological polar surface area (TPSA) is 78.1 Å². The first-order valence-corrected chi connectivity index (χ1v) is 3.57. The first kappa shape index (κ1) is 9.18. The number of anilines is 1. The van der Waals surface area contributed by atoms with Gasteiger partial charge in [0.05, 0.1) is 12.8 Å². The first-order valence-electron chi connectivity index (χ1n) is 3.57. The van der Waals surface area contributed by atoms with E-state index < -0.39 is 5.97 Å². The highest BCUT2D eigenvalue weighted by Crippen LogP contribution is 1.98. The number of aromatic nitrogens is 2. The van der Waals surface area contributed by atoms with Gasteiger partial charge >= 0.3 is 5.97 Å². The van der Waals surface area contributed by atoms with Crippen molar-refractivity contribution < 1.29 is 9.53 Å². The first-order chi connectivity index (χ1) is 6.22. The van der Waals surface area contributed by atoms with Crippen molar-refractivity contribution in [1.82, 2.24) is 9.97 Å². The van der Waals surface area contributed by atoms with Crippen LogP contribution in [0.5, 0.6) is 0 Å². The third kappa shape index (κ3) is 2.90. The Morgan fingerprint density at radius 2 is 2.46 bits per heavy atom. The molecule has 0 aliphatic carbocycles. The summed E-state index contributed by atoms with van der Waals surface area (Å²) in [6.07, 6.45) is 4.28. The molecule has 5 nitrogen and oxygen atoms in total. The van der Waals surface area contributed by atoms with Crippen LogP contribution in [0, 0.1) is 0 Å². The van der Waals surface area contributed by atoms with Crippen molar-refractivity contribution in [2.45, 2.75) is 0 Å². The van der Waals surface area contributed by atoms with Crippen LogP contribution >= 0.6 is 0 Å². The molecule has 1 aromatic rings. The maximum atomic E-state index is 10.7. The van der Waals surface area contributed by atoms with E-state index in [2.05, 4.69) is 14.7 Å². The summed E-state index contributed by atoms with van der Waals surface area (Å²) >= 11 is 0. The molecule has 0 atom stereocenters. The summed E-state index contributed by atoms with van der Waals surface area (Å²) in [5.74, 6) is -0.260. The molecule has 1 heterocycles. The molecule has 0 amide bonds. The zero-order chi connectivity index (χ0) is 9.68. The molecule has 13 heavy (non-hydrogen) atoms. The van der Waals surface area contributed by atoms with Crippen LogP contribution in [0.2, 0.25) is 0 Å². The summed E-state index contributed by atoms with van der Waals surface area (Å²) in [5.41, 5.74) is 5.89. The number of nitrogens with two attached hydrogens (primary N) is 1. The van der Waals surface area contributed by atoms with Gasteiger partial charge in [-0.05, 0) is 12.1 Å². The third-order valence-electron chi connectivity index (χ3n) is 1.29. The lowest BCUT2D eigenvalue weighted by atomic mass is 10.3. The summed E-state index contributed by atoms with van der Waals surface area (Å²) in [6, 6.07) is 1.63. The molecule has 5 heteroatoms. The van der Waals surface area contributed by atoms with Crippen LogP contribution in [-0.4, -0.2) is 23.0 Å². The molecule has 0 saturated heterocycles. The van der Waals surface area contributed by atoms with E-state index in [-0.39, 0.29) is 5.95 Å². The van der Waals surface area contributed by atoms with Crippen molar-refractivity contribution in [2.75, 3.05) is 12.8 Å². The SMILES string of the molecule is COC(=O)C=Cc1ccnc(N)n1. The number of carbonyl (C=O) groups is 1. The van der Waals surface area contributed by atoms with Gasteiger partial charge in [0.25, 0.3) is 0 Å². The highest BCUT2D eigenvalue weighted by atomic mass is 16.5. The average Bonchev–Trinajstić information content (AvgIpc) is 2.14. The molecular formula is C8H9N3O2. The molecule has 0 spiro atoms. The van der Waals surface area contributed by atoms with Crippen molar-refractivity contribution in [1.29, 1.82) is 0 Å². The van der Waals surface area contributed by atoms with Crippen LogP contribution in [0.3, 0.4) is 0 Å². The van der Waals surface area contributed by atoms with Gasteiger partial charge in [-0.15, -0.1) is 0 Å².